The summed E-state index contributed by atoms with van der Waals surface area (Å²) in [6.45, 7) is 6.84. The zero-order chi connectivity index (χ0) is 20.5. The first-order chi connectivity index (χ1) is 13.5. The third-order valence-corrected chi connectivity index (χ3v) is 5.48. The summed E-state index contributed by atoms with van der Waals surface area (Å²) < 4.78 is 16.4. The first-order valence-corrected chi connectivity index (χ1v) is 12.0. The fourth-order valence-corrected chi connectivity index (χ4v) is 3.74. The lowest BCUT2D eigenvalue weighted by Gasteiger charge is -2.16. The van der Waals surface area contributed by atoms with Crippen LogP contribution in [0.3, 0.4) is 0 Å². The first-order valence-electron chi connectivity index (χ1n) is 12.0. The Morgan fingerprint density at radius 1 is 0.821 bits per heavy atom. The first kappa shape index (κ1) is 25.4. The van der Waals surface area contributed by atoms with E-state index in [1.165, 1.54) is 83.5 Å². The molecule has 1 fully saturated rings. The average molecular weight is 399 g/mol. The van der Waals surface area contributed by atoms with Crippen LogP contribution in [0.5, 0.6) is 0 Å². The molecule has 0 aliphatic carbocycles. The second-order valence-corrected chi connectivity index (χ2v) is 8.83. The van der Waals surface area contributed by atoms with Crippen molar-refractivity contribution in [1.29, 1.82) is 0 Å². The van der Waals surface area contributed by atoms with Crippen molar-refractivity contribution in [1.82, 2.24) is 0 Å². The molecule has 0 N–H and O–H groups in total. The van der Waals surface area contributed by atoms with Gasteiger partial charge >= 0.3 is 5.97 Å². The topological polar surface area (TPSA) is 44.8 Å². The lowest BCUT2D eigenvalue weighted by atomic mass is 10.0. The fourth-order valence-electron chi connectivity index (χ4n) is 3.74. The van der Waals surface area contributed by atoms with Gasteiger partial charge in [0.05, 0.1) is 6.61 Å². The Labute approximate surface area is 174 Å². The van der Waals surface area contributed by atoms with Crippen LogP contribution in [0.1, 0.15) is 124 Å². The van der Waals surface area contributed by atoms with Gasteiger partial charge in [0.15, 0.2) is 5.79 Å². The van der Waals surface area contributed by atoms with E-state index in [-0.39, 0.29) is 12.1 Å². The Morgan fingerprint density at radius 3 is 1.71 bits per heavy atom. The van der Waals surface area contributed by atoms with Crippen LogP contribution >= 0.6 is 0 Å². The maximum absolute atomic E-state index is 11.8. The Hall–Kier alpha value is -0.610. The molecule has 0 saturated carbocycles. The molecule has 0 aromatic heterocycles. The molecule has 1 aliphatic heterocycles. The van der Waals surface area contributed by atoms with E-state index < -0.39 is 5.79 Å². The van der Waals surface area contributed by atoms with E-state index in [1.54, 1.807) is 0 Å². The second-order valence-electron chi connectivity index (χ2n) is 8.83. The largest absolute Gasteiger partial charge is 0.463 e. The molecule has 1 aliphatic rings. The number of hydrogen-bond acceptors (Lipinski definition) is 4. The minimum absolute atomic E-state index is 0.108. The summed E-state index contributed by atoms with van der Waals surface area (Å²) in [4.78, 5) is 11.8. The lowest BCUT2D eigenvalue weighted by Crippen LogP contribution is -2.25. The lowest BCUT2D eigenvalue weighted by molar-refractivity contribution is -0.158. The van der Waals surface area contributed by atoms with Crippen LogP contribution in [0, 0.1) is 0 Å². The summed E-state index contributed by atoms with van der Waals surface area (Å²) in [6.07, 6.45) is 20.4. The van der Waals surface area contributed by atoms with Crippen LogP contribution in [0.4, 0.5) is 0 Å². The molecule has 1 saturated heterocycles. The van der Waals surface area contributed by atoms with E-state index in [1.807, 2.05) is 13.8 Å². The van der Waals surface area contributed by atoms with Crippen molar-refractivity contribution >= 4 is 5.97 Å². The van der Waals surface area contributed by atoms with Crippen molar-refractivity contribution in [3.05, 3.63) is 0 Å². The highest BCUT2D eigenvalue weighted by Gasteiger charge is 2.33. The standard InChI is InChI=1S/C24H46O4/c1-4-5-6-7-8-9-10-11-12-13-14-15-16-17-18-19-23(25)26-20-22-21-27-24(2,3)28-22/h22H,4-21H2,1-3H3. The van der Waals surface area contributed by atoms with Crippen molar-refractivity contribution in [3.8, 4) is 0 Å². The van der Waals surface area contributed by atoms with Crippen molar-refractivity contribution in [2.45, 2.75) is 135 Å². The smallest absolute Gasteiger partial charge is 0.305 e. The fraction of sp³-hybridized carbons (Fsp3) is 0.958. The SMILES string of the molecule is CCCCCCCCCCCCCCCCCC(=O)OCC1COC(C)(C)O1. The number of carbonyl (C=O) groups excluding carboxylic acids is 1. The molecule has 1 rings (SSSR count). The maximum Gasteiger partial charge on any atom is 0.305 e. The number of carbonyl (C=O) groups is 1. The highest BCUT2D eigenvalue weighted by molar-refractivity contribution is 5.69. The van der Waals surface area contributed by atoms with Gasteiger partial charge in [-0.15, -0.1) is 0 Å². The van der Waals surface area contributed by atoms with E-state index >= 15 is 0 Å². The molecular formula is C24H46O4. The molecule has 0 radical (unpaired) electrons. The molecule has 1 atom stereocenters. The third-order valence-electron chi connectivity index (χ3n) is 5.48. The van der Waals surface area contributed by atoms with Crippen LogP contribution in [0.25, 0.3) is 0 Å². The zero-order valence-electron chi connectivity index (χ0n) is 18.9. The van der Waals surface area contributed by atoms with Crippen molar-refractivity contribution in [2.24, 2.45) is 0 Å². The molecule has 0 aromatic carbocycles. The molecule has 0 spiro atoms. The minimum atomic E-state index is -0.550. The van der Waals surface area contributed by atoms with Gasteiger partial charge in [0.1, 0.15) is 12.7 Å². The van der Waals surface area contributed by atoms with Gasteiger partial charge in [0, 0.05) is 6.42 Å². The average Bonchev–Trinajstić information content (AvgIpc) is 3.02. The van der Waals surface area contributed by atoms with E-state index in [0.717, 1.165) is 12.8 Å². The maximum atomic E-state index is 11.8. The molecule has 28 heavy (non-hydrogen) atoms. The summed E-state index contributed by atoms with van der Waals surface area (Å²) in [7, 11) is 0. The number of esters is 1. The van der Waals surface area contributed by atoms with E-state index in [4.69, 9.17) is 14.2 Å². The van der Waals surface area contributed by atoms with Crippen molar-refractivity contribution in [2.75, 3.05) is 13.2 Å². The summed E-state index contributed by atoms with van der Waals surface area (Å²) in [5, 5.41) is 0. The van der Waals surface area contributed by atoms with Crippen molar-refractivity contribution < 1.29 is 19.0 Å². The Balaban J connectivity index is 1.76. The normalized spacial score (nSPS) is 18.5. The van der Waals surface area contributed by atoms with E-state index in [2.05, 4.69) is 6.92 Å². The van der Waals surface area contributed by atoms with Crippen LogP contribution in [-0.2, 0) is 19.0 Å². The predicted octanol–water partition coefficient (Wildman–Crippen LogP) is 6.94. The minimum Gasteiger partial charge on any atom is -0.463 e. The molecule has 1 unspecified atom stereocenters. The van der Waals surface area contributed by atoms with Crippen LogP contribution in [0.2, 0.25) is 0 Å². The Bertz CT molecular complexity index is 381. The predicted molar refractivity (Wildman–Crippen MR) is 115 cm³/mol. The highest BCUT2D eigenvalue weighted by atomic mass is 16.7. The number of ether oxygens (including phenoxy) is 3. The van der Waals surface area contributed by atoms with Gasteiger partial charge in [-0.1, -0.05) is 96.8 Å². The van der Waals surface area contributed by atoms with Gasteiger partial charge < -0.3 is 14.2 Å². The van der Waals surface area contributed by atoms with Crippen molar-refractivity contribution in [3.63, 3.8) is 0 Å². The number of hydrogen-bond donors (Lipinski definition) is 0. The molecule has 0 amide bonds. The second kappa shape index (κ2) is 16.2. The zero-order valence-corrected chi connectivity index (χ0v) is 18.9. The van der Waals surface area contributed by atoms with Gasteiger partial charge in [0.2, 0.25) is 0 Å². The summed E-state index contributed by atoms with van der Waals surface area (Å²) >= 11 is 0. The van der Waals surface area contributed by atoms with E-state index in [9.17, 15) is 4.79 Å². The molecular weight excluding hydrogens is 352 g/mol. The number of unbranched alkanes of at least 4 members (excludes halogenated alkanes) is 14. The Morgan fingerprint density at radius 2 is 1.29 bits per heavy atom. The van der Waals surface area contributed by atoms with Crippen LogP contribution in [0.15, 0.2) is 0 Å². The van der Waals surface area contributed by atoms with Gasteiger partial charge in [-0.25, -0.2) is 0 Å². The highest BCUT2D eigenvalue weighted by Crippen LogP contribution is 2.22. The van der Waals surface area contributed by atoms with Crippen LogP contribution in [-0.4, -0.2) is 31.1 Å². The van der Waals surface area contributed by atoms with Gasteiger partial charge in [0.25, 0.3) is 0 Å². The van der Waals surface area contributed by atoms with Gasteiger partial charge in [-0.2, -0.15) is 0 Å². The monoisotopic (exact) mass is 398 g/mol. The third kappa shape index (κ3) is 14.4. The van der Waals surface area contributed by atoms with Gasteiger partial charge in [-0.3, -0.25) is 4.79 Å². The molecule has 0 bridgehead atoms. The molecule has 4 heteroatoms. The van der Waals surface area contributed by atoms with Crippen LogP contribution < -0.4 is 0 Å². The van der Waals surface area contributed by atoms with Gasteiger partial charge in [-0.05, 0) is 20.3 Å². The molecule has 1 heterocycles. The Kier molecular flexibility index (Phi) is 14.7. The summed E-state index contributed by atoms with van der Waals surface area (Å²) in [5.74, 6) is -0.659. The van der Waals surface area contributed by atoms with E-state index in [0.29, 0.717) is 19.6 Å². The summed E-state index contributed by atoms with van der Waals surface area (Å²) in [6, 6.07) is 0. The number of rotatable bonds is 18. The summed E-state index contributed by atoms with van der Waals surface area (Å²) in [5.41, 5.74) is 0. The molecule has 4 nitrogen and oxygen atoms in total. The molecule has 0 aromatic rings. The molecule has 166 valence electrons. The quantitative estimate of drug-likeness (QED) is 0.185.